The fourth-order valence-corrected chi connectivity index (χ4v) is 4.47. The van der Waals surface area contributed by atoms with Gasteiger partial charge in [-0.2, -0.15) is 0 Å². The number of hydrogen-bond acceptors (Lipinski definition) is 4. The molecular formula is C22H21BrN2O2S2. The number of rotatable bonds is 6. The summed E-state index contributed by atoms with van der Waals surface area (Å²) in [7, 11) is 0. The molecule has 0 aliphatic carbocycles. The monoisotopic (exact) mass is 488 g/mol. The van der Waals surface area contributed by atoms with Crippen molar-refractivity contribution in [1.82, 2.24) is 4.90 Å². The number of thioether (sulfide) groups is 1. The number of carbonyl (C=O) groups excluding carboxylic acids is 2. The number of anilines is 1. The van der Waals surface area contributed by atoms with Crippen LogP contribution in [0, 0.1) is 13.8 Å². The highest BCUT2D eigenvalue weighted by atomic mass is 79.9. The Hall–Kier alpha value is -1.96. The maximum atomic E-state index is 12.7. The van der Waals surface area contributed by atoms with Crippen molar-refractivity contribution in [2.24, 2.45) is 0 Å². The van der Waals surface area contributed by atoms with Gasteiger partial charge in [0, 0.05) is 23.1 Å². The minimum atomic E-state index is -0.0992. The van der Waals surface area contributed by atoms with Crippen molar-refractivity contribution in [2.45, 2.75) is 26.7 Å². The lowest BCUT2D eigenvalue weighted by molar-refractivity contribution is -0.122. The van der Waals surface area contributed by atoms with Crippen LogP contribution in [-0.4, -0.2) is 27.6 Å². The molecule has 0 spiro atoms. The van der Waals surface area contributed by atoms with Crippen LogP contribution in [0.5, 0.6) is 0 Å². The third-order valence-electron chi connectivity index (χ3n) is 4.71. The molecule has 0 radical (unpaired) electrons. The van der Waals surface area contributed by atoms with Crippen LogP contribution in [0.25, 0.3) is 6.08 Å². The van der Waals surface area contributed by atoms with Crippen molar-refractivity contribution in [3.63, 3.8) is 0 Å². The molecule has 150 valence electrons. The Labute approximate surface area is 188 Å². The molecule has 2 aromatic carbocycles. The number of benzene rings is 2. The van der Waals surface area contributed by atoms with E-state index in [0.717, 1.165) is 26.9 Å². The van der Waals surface area contributed by atoms with E-state index in [1.165, 1.54) is 11.8 Å². The highest BCUT2D eigenvalue weighted by Gasteiger charge is 2.31. The Kier molecular flexibility index (Phi) is 7.27. The van der Waals surface area contributed by atoms with Gasteiger partial charge in [-0.15, -0.1) is 0 Å². The van der Waals surface area contributed by atoms with E-state index in [9.17, 15) is 9.59 Å². The van der Waals surface area contributed by atoms with Crippen molar-refractivity contribution in [3.05, 3.63) is 68.5 Å². The minimum Gasteiger partial charge on any atom is -0.326 e. The van der Waals surface area contributed by atoms with Crippen LogP contribution in [0.2, 0.25) is 0 Å². The molecule has 0 bridgehead atoms. The molecule has 1 saturated heterocycles. The Morgan fingerprint density at radius 2 is 1.93 bits per heavy atom. The fourth-order valence-electron chi connectivity index (χ4n) is 2.90. The first kappa shape index (κ1) is 21.7. The molecule has 1 heterocycles. The number of carbonyl (C=O) groups is 2. The van der Waals surface area contributed by atoms with E-state index in [0.29, 0.717) is 28.6 Å². The summed E-state index contributed by atoms with van der Waals surface area (Å²) in [5.74, 6) is -0.160. The predicted octanol–water partition coefficient (Wildman–Crippen LogP) is 5.69. The molecular weight excluding hydrogens is 468 g/mol. The van der Waals surface area contributed by atoms with Gasteiger partial charge in [0.1, 0.15) is 4.32 Å². The van der Waals surface area contributed by atoms with E-state index in [1.54, 1.807) is 4.90 Å². The zero-order valence-corrected chi connectivity index (χ0v) is 19.4. The first-order valence-electron chi connectivity index (χ1n) is 9.22. The van der Waals surface area contributed by atoms with Crippen molar-refractivity contribution < 1.29 is 9.59 Å². The van der Waals surface area contributed by atoms with Crippen molar-refractivity contribution in [3.8, 4) is 0 Å². The van der Waals surface area contributed by atoms with Crippen molar-refractivity contribution in [2.75, 3.05) is 11.9 Å². The number of nitrogens with one attached hydrogen (secondary N) is 1. The molecule has 1 aliphatic heterocycles. The highest BCUT2D eigenvalue weighted by molar-refractivity contribution is 9.10. The third kappa shape index (κ3) is 5.56. The summed E-state index contributed by atoms with van der Waals surface area (Å²) in [6, 6.07) is 13.6. The van der Waals surface area contributed by atoms with E-state index in [1.807, 2.05) is 62.4 Å². The summed E-state index contributed by atoms with van der Waals surface area (Å²) < 4.78 is 1.52. The number of amides is 2. The molecule has 1 aliphatic rings. The van der Waals surface area contributed by atoms with Gasteiger partial charge in [0.05, 0.1) is 4.91 Å². The number of nitrogens with zero attached hydrogens (tertiary/aromatic N) is 1. The highest BCUT2D eigenvalue weighted by Crippen LogP contribution is 2.33. The van der Waals surface area contributed by atoms with Crippen LogP contribution in [0.4, 0.5) is 5.69 Å². The summed E-state index contributed by atoms with van der Waals surface area (Å²) in [4.78, 5) is 27.1. The summed E-state index contributed by atoms with van der Waals surface area (Å²) in [6.45, 7) is 4.44. The third-order valence-corrected chi connectivity index (χ3v) is 6.61. The average molecular weight is 489 g/mol. The van der Waals surface area contributed by atoms with Crippen LogP contribution in [-0.2, 0) is 9.59 Å². The Balaban J connectivity index is 1.54. The molecule has 29 heavy (non-hydrogen) atoms. The first-order chi connectivity index (χ1) is 13.8. The van der Waals surface area contributed by atoms with Gasteiger partial charge >= 0.3 is 0 Å². The van der Waals surface area contributed by atoms with Crippen LogP contribution >= 0.6 is 39.9 Å². The van der Waals surface area contributed by atoms with Gasteiger partial charge in [0.15, 0.2) is 0 Å². The zero-order valence-electron chi connectivity index (χ0n) is 16.2. The maximum absolute atomic E-state index is 12.7. The number of hydrogen-bond donors (Lipinski definition) is 1. The topological polar surface area (TPSA) is 49.4 Å². The van der Waals surface area contributed by atoms with Crippen LogP contribution in [0.3, 0.4) is 0 Å². The van der Waals surface area contributed by atoms with Crippen LogP contribution < -0.4 is 5.32 Å². The molecule has 2 aromatic rings. The fraction of sp³-hybridized carbons (Fsp3) is 0.227. The minimum absolute atomic E-state index is 0.0606. The molecule has 1 fully saturated rings. The lowest BCUT2D eigenvalue weighted by atomic mass is 10.1. The zero-order chi connectivity index (χ0) is 21.0. The first-order valence-corrected chi connectivity index (χ1v) is 11.2. The van der Waals surface area contributed by atoms with Gasteiger partial charge in [-0.25, -0.2) is 0 Å². The SMILES string of the molecule is Cc1cccc(NC(=O)CCCN2C(=O)/C(=C/c3ccc(Br)cc3)SC2=S)c1C. The summed E-state index contributed by atoms with van der Waals surface area (Å²) in [5.41, 5.74) is 3.98. The molecule has 3 rings (SSSR count). The smallest absolute Gasteiger partial charge is 0.266 e. The molecule has 1 N–H and O–H groups in total. The second kappa shape index (κ2) is 9.69. The molecule has 7 heteroatoms. The van der Waals surface area contributed by atoms with E-state index in [4.69, 9.17) is 12.2 Å². The average Bonchev–Trinajstić information content (AvgIpc) is 2.94. The maximum Gasteiger partial charge on any atom is 0.266 e. The number of halogens is 1. The van der Waals surface area contributed by atoms with E-state index < -0.39 is 0 Å². The lowest BCUT2D eigenvalue weighted by Crippen LogP contribution is -2.29. The summed E-state index contributed by atoms with van der Waals surface area (Å²) >= 11 is 10.1. The van der Waals surface area contributed by atoms with Crippen LogP contribution in [0.15, 0.2) is 51.8 Å². The van der Waals surface area contributed by atoms with Crippen molar-refractivity contribution >= 4 is 67.8 Å². The van der Waals surface area contributed by atoms with E-state index in [2.05, 4.69) is 21.2 Å². The Morgan fingerprint density at radius 3 is 2.66 bits per heavy atom. The molecule has 0 aromatic heterocycles. The Morgan fingerprint density at radius 1 is 1.21 bits per heavy atom. The molecule has 2 amide bonds. The Bertz CT molecular complexity index is 987. The van der Waals surface area contributed by atoms with Gasteiger partial charge in [-0.1, -0.05) is 64.2 Å². The quantitative estimate of drug-likeness (QED) is 0.419. The molecule has 0 unspecified atom stereocenters. The van der Waals surface area contributed by atoms with Gasteiger partial charge in [-0.05, 0) is 61.2 Å². The second-order valence-electron chi connectivity index (χ2n) is 6.78. The van der Waals surface area contributed by atoms with E-state index >= 15 is 0 Å². The standard InChI is InChI=1S/C22H21BrN2O2S2/c1-14-5-3-6-18(15(14)2)24-20(26)7-4-12-25-21(27)19(29-22(25)28)13-16-8-10-17(23)11-9-16/h3,5-6,8-11,13H,4,7,12H2,1-2H3,(H,24,26)/b19-13-. The normalized spacial score (nSPS) is 15.3. The van der Waals surface area contributed by atoms with Gasteiger partial charge in [0.25, 0.3) is 5.91 Å². The predicted molar refractivity (Wildman–Crippen MR) is 128 cm³/mol. The molecule has 4 nitrogen and oxygen atoms in total. The number of thiocarbonyl (C=S) groups is 1. The largest absolute Gasteiger partial charge is 0.326 e. The number of aryl methyl sites for hydroxylation is 1. The van der Waals surface area contributed by atoms with Crippen LogP contribution in [0.1, 0.15) is 29.5 Å². The van der Waals surface area contributed by atoms with Gasteiger partial charge in [-0.3, -0.25) is 14.5 Å². The van der Waals surface area contributed by atoms with Crippen molar-refractivity contribution in [1.29, 1.82) is 0 Å². The van der Waals surface area contributed by atoms with E-state index in [-0.39, 0.29) is 11.8 Å². The second-order valence-corrected chi connectivity index (χ2v) is 9.38. The summed E-state index contributed by atoms with van der Waals surface area (Å²) in [6.07, 6.45) is 2.73. The van der Waals surface area contributed by atoms with Gasteiger partial charge < -0.3 is 5.32 Å². The molecule has 0 atom stereocenters. The van der Waals surface area contributed by atoms with Gasteiger partial charge in [0.2, 0.25) is 5.91 Å². The summed E-state index contributed by atoms with van der Waals surface area (Å²) in [5, 5.41) is 2.95. The lowest BCUT2D eigenvalue weighted by Gasteiger charge is -2.14. The molecule has 0 saturated carbocycles.